The Labute approximate surface area is 181 Å². The van der Waals surface area contributed by atoms with Crippen LogP contribution >= 0.6 is 0 Å². The second-order valence-electron chi connectivity index (χ2n) is 8.21. The molecule has 0 radical (unpaired) electrons. The minimum Gasteiger partial charge on any atom is -0.451 e. The molecule has 3 aromatic carbocycles. The lowest BCUT2D eigenvalue weighted by Crippen LogP contribution is -2.46. The average Bonchev–Trinajstić information content (AvgIpc) is 3.29. The molecule has 1 aliphatic rings. The van der Waals surface area contributed by atoms with Crippen molar-refractivity contribution in [3.63, 3.8) is 0 Å². The van der Waals surface area contributed by atoms with Crippen LogP contribution in [0, 0.1) is 5.92 Å². The Kier molecular flexibility index (Phi) is 5.08. The zero-order valence-electron chi connectivity index (χ0n) is 17.3. The highest BCUT2D eigenvalue weighted by Crippen LogP contribution is 2.42. The van der Waals surface area contributed by atoms with E-state index in [1.165, 1.54) is 0 Å². The van der Waals surface area contributed by atoms with Gasteiger partial charge in [0.2, 0.25) is 0 Å². The van der Waals surface area contributed by atoms with Crippen LogP contribution in [-0.2, 0) is 5.60 Å². The van der Waals surface area contributed by atoms with Crippen LogP contribution in [0.5, 0.6) is 0 Å². The molecule has 0 saturated carbocycles. The van der Waals surface area contributed by atoms with Crippen molar-refractivity contribution in [3.8, 4) is 0 Å². The van der Waals surface area contributed by atoms with Crippen LogP contribution in [0.1, 0.15) is 34.5 Å². The molecule has 0 spiro atoms. The first-order valence-electron chi connectivity index (χ1n) is 10.8. The molecule has 0 atom stereocenters. The number of benzene rings is 3. The number of carbonyl (C=O) groups is 1. The summed E-state index contributed by atoms with van der Waals surface area (Å²) in [6, 6.07) is 29.2. The molecule has 1 aromatic heterocycles. The van der Waals surface area contributed by atoms with E-state index < -0.39 is 5.60 Å². The van der Waals surface area contributed by atoms with Crippen LogP contribution in [-0.4, -0.2) is 29.0 Å². The van der Waals surface area contributed by atoms with Crippen molar-refractivity contribution >= 4 is 16.9 Å². The van der Waals surface area contributed by atoms with Gasteiger partial charge in [0.25, 0.3) is 5.91 Å². The van der Waals surface area contributed by atoms with Crippen molar-refractivity contribution in [2.24, 2.45) is 5.92 Å². The number of para-hydroxylation sites is 1. The van der Waals surface area contributed by atoms with Crippen LogP contribution in [0.2, 0.25) is 0 Å². The Bertz CT molecular complexity index is 1100. The molecule has 2 heterocycles. The van der Waals surface area contributed by atoms with Gasteiger partial charge in [-0.2, -0.15) is 0 Å². The number of fused-ring (bicyclic) bond motifs is 1. The van der Waals surface area contributed by atoms with Crippen LogP contribution in [0.15, 0.2) is 95.4 Å². The van der Waals surface area contributed by atoms with E-state index in [9.17, 15) is 9.90 Å². The molecule has 1 fully saturated rings. The number of hydrogen-bond donors (Lipinski definition) is 1. The van der Waals surface area contributed by atoms with Crippen LogP contribution in [0.4, 0.5) is 0 Å². The Balaban J connectivity index is 1.38. The summed E-state index contributed by atoms with van der Waals surface area (Å²) in [5.41, 5.74) is 1.42. The maximum absolute atomic E-state index is 13.0. The van der Waals surface area contributed by atoms with Crippen LogP contribution < -0.4 is 0 Å². The first-order valence-corrected chi connectivity index (χ1v) is 10.8. The molecule has 4 aromatic rings. The number of furan rings is 1. The summed E-state index contributed by atoms with van der Waals surface area (Å²) in [6.45, 7) is 1.17. The minimum atomic E-state index is -1.09. The normalized spacial score (nSPS) is 15.3. The number of piperidine rings is 1. The predicted octanol–water partition coefficient (Wildman–Crippen LogP) is 5.22. The van der Waals surface area contributed by atoms with Gasteiger partial charge in [-0.15, -0.1) is 0 Å². The van der Waals surface area contributed by atoms with Gasteiger partial charge < -0.3 is 14.4 Å². The number of rotatable bonds is 4. The smallest absolute Gasteiger partial charge is 0.289 e. The molecule has 5 rings (SSSR count). The SMILES string of the molecule is O=C(c1cc2ccccc2o1)N1CCC(C(O)(c2ccccc2)c2ccccc2)CC1. The quantitative estimate of drug-likeness (QED) is 0.501. The van der Waals surface area contributed by atoms with Crippen molar-refractivity contribution in [3.05, 3.63) is 108 Å². The molecule has 156 valence electrons. The highest BCUT2D eigenvalue weighted by molar-refractivity contribution is 5.96. The Morgan fingerprint density at radius 1 is 0.839 bits per heavy atom. The second kappa shape index (κ2) is 8.05. The molecule has 0 aliphatic carbocycles. The predicted molar refractivity (Wildman–Crippen MR) is 121 cm³/mol. The number of amides is 1. The summed E-state index contributed by atoms with van der Waals surface area (Å²) in [5.74, 6) is 0.302. The fourth-order valence-corrected chi connectivity index (χ4v) is 4.77. The maximum atomic E-state index is 13.0. The third kappa shape index (κ3) is 3.53. The fourth-order valence-electron chi connectivity index (χ4n) is 4.77. The van der Waals surface area contributed by atoms with E-state index in [-0.39, 0.29) is 11.8 Å². The van der Waals surface area contributed by atoms with E-state index in [1.807, 2.05) is 95.9 Å². The monoisotopic (exact) mass is 411 g/mol. The van der Waals surface area contributed by atoms with Crippen LogP contribution in [0.3, 0.4) is 0 Å². The number of likely N-dealkylation sites (tertiary alicyclic amines) is 1. The molecule has 31 heavy (non-hydrogen) atoms. The van der Waals surface area contributed by atoms with E-state index >= 15 is 0 Å². The van der Waals surface area contributed by atoms with Gasteiger partial charge in [0, 0.05) is 18.5 Å². The van der Waals surface area contributed by atoms with Gasteiger partial charge in [-0.25, -0.2) is 0 Å². The van der Waals surface area contributed by atoms with Gasteiger partial charge in [0.05, 0.1) is 0 Å². The van der Waals surface area contributed by atoms with E-state index in [0.717, 1.165) is 22.1 Å². The third-order valence-electron chi connectivity index (χ3n) is 6.44. The molecule has 4 heteroatoms. The van der Waals surface area contributed by atoms with Crippen molar-refractivity contribution in [1.82, 2.24) is 4.90 Å². The summed E-state index contributed by atoms with van der Waals surface area (Å²) in [7, 11) is 0. The molecular weight excluding hydrogens is 386 g/mol. The zero-order chi connectivity index (χ0) is 21.3. The number of hydrogen-bond acceptors (Lipinski definition) is 3. The van der Waals surface area contributed by atoms with Gasteiger partial charge >= 0.3 is 0 Å². The second-order valence-corrected chi connectivity index (χ2v) is 8.21. The van der Waals surface area contributed by atoms with Gasteiger partial charge in [0.1, 0.15) is 11.2 Å². The zero-order valence-corrected chi connectivity index (χ0v) is 17.3. The van der Waals surface area contributed by atoms with Crippen molar-refractivity contribution in [2.45, 2.75) is 18.4 Å². The number of carbonyl (C=O) groups excluding carboxylic acids is 1. The summed E-state index contributed by atoms with van der Waals surface area (Å²) < 4.78 is 5.78. The topological polar surface area (TPSA) is 53.7 Å². The molecular formula is C27H25NO3. The van der Waals surface area contributed by atoms with Crippen LogP contribution in [0.25, 0.3) is 11.0 Å². The van der Waals surface area contributed by atoms with E-state index in [2.05, 4.69) is 0 Å². The lowest BCUT2D eigenvalue weighted by molar-refractivity contribution is -0.0126. The van der Waals surface area contributed by atoms with E-state index in [4.69, 9.17) is 4.42 Å². The number of nitrogens with zero attached hydrogens (tertiary/aromatic N) is 1. The molecule has 0 bridgehead atoms. The Morgan fingerprint density at radius 2 is 1.39 bits per heavy atom. The van der Waals surface area contributed by atoms with Gasteiger partial charge in [-0.05, 0) is 42.0 Å². The first-order chi connectivity index (χ1) is 15.2. The number of aliphatic hydroxyl groups is 1. The third-order valence-corrected chi connectivity index (χ3v) is 6.44. The molecule has 4 nitrogen and oxygen atoms in total. The van der Waals surface area contributed by atoms with Crippen molar-refractivity contribution in [1.29, 1.82) is 0 Å². The van der Waals surface area contributed by atoms with E-state index in [1.54, 1.807) is 0 Å². The minimum absolute atomic E-state index is 0.0111. The molecule has 1 N–H and O–H groups in total. The van der Waals surface area contributed by atoms with E-state index in [0.29, 0.717) is 31.7 Å². The lowest BCUT2D eigenvalue weighted by Gasteiger charge is -2.42. The molecule has 0 unspecified atom stereocenters. The molecule has 1 aliphatic heterocycles. The maximum Gasteiger partial charge on any atom is 0.289 e. The molecule has 1 amide bonds. The van der Waals surface area contributed by atoms with Gasteiger partial charge in [0.15, 0.2) is 5.76 Å². The fraction of sp³-hybridized carbons (Fsp3) is 0.222. The average molecular weight is 412 g/mol. The Hall–Kier alpha value is -3.37. The van der Waals surface area contributed by atoms with Crippen molar-refractivity contribution < 1.29 is 14.3 Å². The lowest BCUT2D eigenvalue weighted by atomic mass is 9.72. The summed E-state index contributed by atoms with van der Waals surface area (Å²) in [5, 5.41) is 12.9. The summed E-state index contributed by atoms with van der Waals surface area (Å²) >= 11 is 0. The highest BCUT2D eigenvalue weighted by atomic mass is 16.3. The summed E-state index contributed by atoms with van der Waals surface area (Å²) in [4.78, 5) is 14.9. The summed E-state index contributed by atoms with van der Waals surface area (Å²) in [6.07, 6.45) is 1.43. The van der Waals surface area contributed by atoms with Crippen molar-refractivity contribution in [2.75, 3.05) is 13.1 Å². The van der Waals surface area contributed by atoms with Gasteiger partial charge in [-0.1, -0.05) is 78.9 Å². The standard InChI is InChI=1S/C27H25NO3/c29-26(25-19-20-9-7-8-14-24(20)31-25)28-17-15-23(16-18-28)27(30,21-10-3-1-4-11-21)22-12-5-2-6-13-22/h1-14,19,23,30H,15-18H2. The first kappa shape index (κ1) is 19.6. The largest absolute Gasteiger partial charge is 0.451 e. The Morgan fingerprint density at radius 3 is 1.97 bits per heavy atom. The highest BCUT2D eigenvalue weighted by Gasteiger charge is 2.42. The molecule has 1 saturated heterocycles. The van der Waals surface area contributed by atoms with Gasteiger partial charge in [-0.3, -0.25) is 4.79 Å².